The molecule has 2 N–H and O–H groups in total. The smallest absolute Gasteiger partial charge is 0.241 e. The first-order chi connectivity index (χ1) is 8.68. The molecule has 1 atom stereocenters. The molecule has 0 bridgehead atoms. The maximum atomic E-state index is 12.9. The maximum Gasteiger partial charge on any atom is 0.241 e. The maximum absolute atomic E-state index is 12.9. The fourth-order valence-electron chi connectivity index (χ4n) is 1.38. The predicted molar refractivity (Wildman–Crippen MR) is 78.3 cm³/mol. The van der Waals surface area contributed by atoms with Gasteiger partial charge in [-0.25, -0.2) is 17.5 Å². The minimum atomic E-state index is -3.79. The second kappa shape index (κ2) is 6.53. The molecule has 0 heterocycles. The summed E-state index contributed by atoms with van der Waals surface area (Å²) in [6, 6.07) is 3.32. The molecule has 1 rings (SSSR count). The molecule has 0 aromatic heterocycles. The topological polar surface area (TPSA) is 66.4 Å². The lowest BCUT2D eigenvalue weighted by molar-refractivity contribution is 0.0908. The number of benzene rings is 1. The van der Waals surface area contributed by atoms with Crippen LogP contribution >= 0.6 is 27.7 Å². The van der Waals surface area contributed by atoms with Crippen LogP contribution in [0.25, 0.3) is 0 Å². The molecule has 0 saturated carbocycles. The number of sulfonamides is 1. The van der Waals surface area contributed by atoms with Gasteiger partial charge in [-0.15, -0.1) is 0 Å². The summed E-state index contributed by atoms with van der Waals surface area (Å²) in [5.74, 6) is -0.125. The van der Waals surface area contributed by atoms with Crippen LogP contribution < -0.4 is 4.72 Å². The molecule has 0 spiro atoms. The van der Waals surface area contributed by atoms with Crippen molar-refractivity contribution in [3.05, 3.63) is 28.5 Å². The molecule has 0 amide bonds. The van der Waals surface area contributed by atoms with E-state index in [-0.39, 0.29) is 15.9 Å². The zero-order chi connectivity index (χ0) is 14.7. The summed E-state index contributed by atoms with van der Waals surface area (Å²) < 4.78 is 39.5. The Balaban J connectivity index is 2.87. The Morgan fingerprint density at radius 1 is 1.53 bits per heavy atom. The monoisotopic (exact) mass is 371 g/mol. The highest BCUT2D eigenvalue weighted by Gasteiger charge is 2.25. The van der Waals surface area contributed by atoms with Crippen molar-refractivity contribution >= 4 is 37.7 Å². The van der Waals surface area contributed by atoms with Crippen molar-refractivity contribution in [2.45, 2.75) is 17.4 Å². The van der Waals surface area contributed by atoms with Crippen LogP contribution in [0.4, 0.5) is 4.39 Å². The molecule has 1 aromatic carbocycles. The van der Waals surface area contributed by atoms with E-state index >= 15 is 0 Å². The molecule has 0 aliphatic heterocycles. The first-order valence-electron chi connectivity index (χ1n) is 5.34. The fourth-order valence-corrected chi connectivity index (χ4v) is 4.32. The Bertz CT molecular complexity index is 549. The number of aliphatic hydroxyl groups is 1. The van der Waals surface area contributed by atoms with Crippen molar-refractivity contribution in [1.82, 2.24) is 4.72 Å². The summed E-state index contributed by atoms with van der Waals surface area (Å²) in [7, 11) is -3.79. The number of hydrogen-bond acceptors (Lipinski definition) is 4. The van der Waals surface area contributed by atoms with E-state index in [1.54, 1.807) is 6.92 Å². The third-order valence-corrected chi connectivity index (χ3v) is 5.57. The molecule has 1 aromatic rings. The van der Waals surface area contributed by atoms with E-state index in [0.717, 1.165) is 12.1 Å². The zero-order valence-corrected chi connectivity index (χ0v) is 13.7. The van der Waals surface area contributed by atoms with Crippen LogP contribution in [0.3, 0.4) is 0 Å². The summed E-state index contributed by atoms with van der Waals surface area (Å²) in [6.45, 7) is 1.44. The molecule has 108 valence electrons. The van der Waals surface area contributed by atoms with Gasteiger partial charge >= 0.3 is 0 Å². The van der Waals surface area contributed by atoms with Gasteiger partial charge in [-0.05, 0) is 47.3 Å². The van der Waals surface area contributed by atoms with Crippen molar-refractivity contribution < 1.29 is 17.9 Å². The molecule has 0 radical (unpaired) electrons. The van der Waals surface area contributed by atoms with Crippen molar-refractivity contribution in [2.24, 2.45) is 0 Å². The second-order valence-corrected chi connectivity index (χ2v) is 7.78. The first kappa shape index (κ1) is 16.9. The van der Waals surface area contributed by atoms with Crippen molar-refractivity contribution in [3.63, 3.8) is 0 Å². The van der Waals surface area contributed by atoms with Gasteiger partial charge in [0.25, 0.3) is 0 Å². The van der Waals surface area contributed by atoms with Crippen LogP contribution in [0.15, 0.2) is 27.6 Å². The van der Waals surface area contributed by atoms with Crippen LogP contribution in [-0.2, 0) is 10.0 Å². The number of nitrogens with one attached hydrogen (secondary N) is 1. The molecule has 8 heteroatoms. The summed E-state index contributed by atoms with van der Waals surface area (Å²) >= 11 is 4.42. The third-order valence-electron chi connectivity index (χ3n) is 2.28. The van der Waals surface area contributed by atoms with Gasteiger partial charge in [0.05, 0.1) is 10.5 Å². The van der Waals surface area contributed by atoms with E-state index in [0.29, 0.717) is 5.75 Å². The highest BCUT2D eigenvalue weighted by molar-refractivity contribution is 9.10. The predicted octanol–water partition coefficient (Wildman–Crippen LogP) is 1.98. The van der Waals surface area contributed by atoms with E-state index in [2.05, 4.69) is 20.7 Å². The van der Waals surface area contributed by atoms with E-state index in [9.17, 15) is 17.9 Å². The van der Waals surface area contributed by atoms with Gasteiger partial charge in [0.2, 0.25) is 10.0 Å². The lowest BCUT2D eigenvalue weighted by atomic mass is 10.1. The lowest BCUT2D eigenvalue weighted by Crippen LogP contribution is -2.42. The Morgan fingerprint density at radius 3 is 2.68 bits per heavy atom. The van der Waals surface area contributed by atoms with Crippen molar-refractivity contribution in [2.75, 3.05) is 18.6 Å². The molecule has 19 heavy (non-hydrogen) atoms. The van der Waals surface area contributed by atoms with Gasteiger partial charge in [-0.2, -0.15) is 11.8 Å². The Morgan fingerprint density at radius 2 is 2.16 bits per heavy atom. The van der Waals surface area contributed by atoms with Crippen LogP contribution in [-0.4, -0.2) is 37.7 Å². The van der Waals surface area contributed by atoms with Gasteiger partial charge in [0.15, 0.2) is 0 Å². The summed E-state index contributed by atoms with van der Waals surface area (Å²) in [4.78, 5) is -0.0612. The number of rotatable bonds is 6. The quantitative estimate of drug-likeness (QED) is 0.802. The molecule has 0 aliphatic rings. The van der Waals surface area contributed by atoms with Gasteiger partial charge in [-0.1, -0.05) is 0 Å². The Hall–Kier alpha value is -0.150. The van der Waals surface area contributed by atoms with Gasteiger partial charge < -0.3 is 5.11 Å². The summed E-state index contributed by atoms with van der Waals surface area (Å²) in [5.41, 5.74) is -1.14. The largest absolute Gasteiger partial charge is 0.388 e. The van der Waals surface area contributed by atoms with Crippen LogP contribution in [0.2, 0.25) is 0 Å². The van der Waals surface area contributed by atoms with Crippen LogP contribution in [0, 0.1) is 5.82 Å². The van der Waals surface area contributed by atoms with Gasteiger partial charge in [0.1, 0.15) is 5.82 Å². The normalized spacial score (nSPS) is 15.2. The second-order valence-electron chi connectivity index (χ2n) is 4.33. The molecule has 4 nitrogen and oxygen atoms in total. The molecular weight excluding hydrogens is 357 g/mol. The standard InChI is InChI=1S/C11H15BrFNO3S2/c1-11(15,7-18-2)6-14-19(16,17)10-4-3-8(13)5-9(10)12/h3-5,14-15H,6-7H2,1-2H3. The SMILES string of the molecule is CSCC(C)(O)CNS(=O)(=O)c1ccc(F)cc1Br. The van der Waals surface area contributed by atoms with E-state index in [4.69, 9.17) is 0 Å². The van der Waals surface area contributed by atoms with Crippen molar-refractivity contribution in [3.8, 4) is 0 Å². The number of halogens is 2. The van der Waals surface area contributed by atoms with E-state index in [1.807, 2.05) is 6.26 Å². The lowest BCUT2D eigenvalue weighted by Gasteiger charge is -2.22. The number of thioether (sulfide) groups is 1. The van der Waals surface area contributed by atoms with Crippen LogP contribution in [0.1, 0.15) is 6.92 Å². The molecule has 0 fully saturated rings. The minimum absolute atomic E-state index is 0.0612. The third kappa shape index (κ3) is 5.03. The van der Waals surface area contributed by atoms with Gasteiger partial charge in [-0.3, -0.25) is 0 Å². The summed E-state index contributed by atoms with van der Waals surface area (Å²) in [6.07, 6.45) is 1.82. The summed E-state index contributed by atoms with van der Waals surface area (Å²) in [5, 5.41) is 9.92. The average Bonchev–Trinajstić information content (AvgIpc) is 2.26. The van der Waals surface area contributed by atoms with Crippen molar-refractivity contribution in [1.29, 1.82) is 0 Å². The Labute approximate surface area is 125 Å². The average molecular weight is 372 g/mol. The first-order valence-corrected chi connectivity index (χ1v) is 9.01. The zero-order valence-electron chi connectivity index (χ0n) is 10.5. The van der Waals surface area contributed by atoms with Crippen LogP contribution in [0.5, 0.6) is 0 Å². The molecule has 1 unspecified atom stereocenters. The number of hydrogen-bond donors (Lipinski definition) is 2. The minimum Gasteiger partial charge on any atom is -0.388 e. The highest BCUT2D eigenvalue weighted by Crippen LogP contribution is 2.23. The van der Waals surface area contributed by atoms with E-state index in [1.165, 1.54) is 17.8 Å². The molecule has 0 aliphatic carbocycles. The van der Waals surface area contributed by atoms with Gasteiger partial charge in [0, 0.05) is 16.8 Å². The fraction of sp³-hybridized carbons (Fsp3) is 0.455. The Kier molecular flexibility index (Phi) is 5.81. The highest BCUT2D eigenvalue weighted by atomic mass is 79.9. The van der Waals surface area contributed by atoms with E-state index < -0.39 is 21.4 Å². The molecular formula is C11H15BrFNO3S2. The molecule has 0 saturated heterocycles.